The van der Waals surface area contributed by atoms with Crippen molar-refractivity contribution in [1.82, 2.24) is 15.2 Å². The van der Waals surface area contributed by atoms with Gasteiger partial charge in [-0.2, -0.15) is 0 Å². The maximum absolute atomic E-state index is 11.2. The van der Waals surface area contributed by atoms with Gasteiger partial charge < -0.3 is 16.0 Å². The number of carbonyl (C=O) groups is 1. The highest BCUT2D eigenvalue weighted by atomic mass is 16.1. The molecule has 1 unspecified atom stereocenters. The third-order valence-corrected chi connectivity index (χ3v) is 3.07. The fraction of sp³-hybridized carbons (Fsp3) is 0.571. The first-order chi connectivity index (χ1) is 9.13. The number of likely N-dealkylation sites (N-methyl/N-ethyl adjacent to an activating group) is 2. The lowest BCUT2D eigenvalue weighted by atomic mass is 10.2. The maximum Gasteiger partial charge on any atom is 0.234 e. The van der Waals surface area contributed by atoms with E-state index in [0.29, 0.717) is 0 Å². The number of rotatable bonds is 9. The van der Waals surface area contributed by atoms with Gasteiger partial charge in [-0.25, -0.2) is 0 Å². The number of carbonyl (C=O) groups excluding carboxylic acids is 1. The van der Waals surface area contributed by atoms with Crippen LogP contribution in [0.4, 0.5) is 0 Å². The molecular formula is C14H24N4O. The van der Waals surface area contributed by atoms with E-state index >= 15 is 0 Å². The van der Waals surface area contributed by atoms with E-state index in [-0.39, 0.29) is 11.9 Å². The molecule has 1 heterocycles. The highest BCUT2D eigenvalue weighted by Gasteiger charge is 2.14. The Kier molecular flexibility index (Phi) is 7.07. The van der Waals surface area contributed by atoms with Crippen molar-refractivity contribution in [1.29, 1.82) is 0 Å². The fourth-order valence-electron chi connectivity index (χ4n) is 1.90. The number of primary amides is 1. The van der Waals surface area contributed by atoms with Crippen LogP contribution in [0.3, 0.4) is 0 Å². The molecule has 0 aliphatic rings. The van der Waals surface area contributed by atoms with Gasteiger partial charge in [0.2, 0.25) is 5.91 Å². The lowest BCUT2D eigenvalue weighted by Gasteiger charge is -2.20. The summed E-state index contributed by atoms with van der Waals surface area (Å²) in [5, 5.41) is 3.10. The van der Waals surface area contributed by atoms with Crippen molar-refractivity contribution >= 4 is 5.91 Å². The largest absolute Gasteiger partial charge is 0.368 e. The maximum atomic E-state index is 11.2. The Morgan fingerprint density at radius 1 is 1.47 bits per heavy atom. The molecule has 0 radical (unpaired) electrons. The van der Waals surface area contributed by atoms with Gasteiger partial charge in [0.1, 0.15) is 0 Å². The highest BCUT2D eigenvalue weighted by Crippen LogP contribution is 1.99. The second kappa shape index (κ2) is 8.61. The van der Waals surface area contributed by atoms with Gasteiger partial charge in [-0.15, -0.1) is 0 Å². The minimum absolute atomic E-state index is 0.234. The SMILES string of the molecule is CCNC(CCN(C)CCc1ccccn1)C(N)=O. The molecule has 0 spiro atoms. The molecular weight excluding hydrogens is 240 g/mol. The van der Waals surface area contributed by atoms with Crippen molar-refractivity contribution in [2.24, 2.45) is 5.73 Å². The topological polar surface area (TPSA) is 71.2 Å². The minimum Gasteiger partial charge on any atom is -0.368 e. The van der Waals surface area contributed by atoms with Crippen LogP contribution in [0.1, 0.15) is 19.0 Å². The molecule has 0 aliphatic heterocycles. The summed E-state index contributed by atoms with van der Waals surface area (Å²) in [5.74, 6) is -0.278. The fourth-order valence-corrected chi connectivity index (χ4v) is 1.90. The average Bonchev–Trinajstić information content (AvgIpc) is 2.42. The summed E-state index contributed by atoms with van der Waals surface area (Å²) >= 11 is 0. The number of nitrogens with one attached hydrogen (secondary N) is 1. The minimum atomic E-state index is -0.278. The van der Waals surface area contributed by atoms with Crippen molar-refractivity contribution in [2.45, 2.75) is 25.8 Å². The molecule has 1 amide bonds. The second-order valence-corrected chi connectivity index (χ2v) is 4.68. The summed E-state index contributed by atoms with van der Waals surface area (Å²) in [4.78, 5) is 17.7. The molecule has 0 aliphatic carbocycles. The van der Waals surface area contributed by atoms with E-state index in [0.717, 1.165) is 38.2 Å². The Bertz CT molecular complexity index is 369. The van der Waals surface area contributed by atoms with Crippen LogP contribution in [0.5, 0.6) is 0 Å². The molecule has 1 atom stereocenters. The summed E-state index contributed by atoms with van der Waals surface area (Å²) in [5.41, 5.74) is 6.43. The van der Waals surface area contributed by atoms with Gasteiger partial charge in [-0.05, 0) is 38.7 Å². The van der Waals surface area contributed by atoms with Gasteiger partial charge in [-0.3, -0.25) is 9.78 Å². The van der Waals surface area contributed by atoms with Gasteiger partial charge >= 0.3 is 0 Å². The zero-order valence-corrected chi connectivity index (χ0v) is 11.8. The molecule has 5 heteroatoms. The number of hydrogen-bond donors (Lipinski definition) is 2. The van der Waals surface area contributed by atoms with Crippen LogP contribution < -0.4 is 11.1 Å². The second-order valence-electron chi connectivity index (χ2n) is 4.68. The predicted molar refractivity (Wildman–Crippen MR) is 76.7 cm³/mol. The predicted octanol–water partition coefficient (Wildman–Crippen LogP) is 0.409. The number of nitrogens with two attached hydrogens (primary N) is 1. The van der Waals surface area contributed by atoms with Gasteiger partial charge in [0.05, 0.1) is 6.04 Å². The van der Waals surface area contributed by atoms with E-state index in [1.54, 1.807) is 0 Å². The standard InChI is InChI=1S/C14H24N4O/c1-3-16-13(14(15)19)8-11-18(2)10-7-12-6-4-5-9-17-12/h4-6,9,13,16H,3,7-8,10-11H2,1-2H3,(H2,15,19). The Balaban J connectivity index is 2.27. The van der Waals surface area contributed by atoms with E-state index < -0.39 is 0 Å². The average molecular weight is 264 g/mol. The van der Waals surface area contributed by atoms with Crippen LogP contribution in [-0.4, -0.2) is 48.5 Å². The van der Waals surface area contributed by atoms with Crippen LogP contribution in [-0.2, 0) is 11.2 Å². The zero-order chi connectivity index (χ0) is 14.1. The van der Waals surface area contributed by atoms with E-state index in [1.165, 1.54) is 0 Å². The van der Waals surface area contributed by atoms with Gasteiger partial charge in [0.25, 0.3) is 0 Å². The first kappa shape index (κ1) is 15.6. The summed E-state index contributed by atoms with van der Waals surface area (Å²) in [6, 6.07) is 5.71. The van der Waals surface area contributed by atoms with Crippen LogP contribution in [0.25, 0.3) is 0 Å². The molecule has 19 heavy (non-hydrogen) atoms. The van der Waals surface area contributed by atoms with Crippen molar-refractivity contribution in [3.05, 3.63) is 30.1 Å². The number of hydrogen-bond acceptors (Lipinski definition) is 4. The first-order valence-corrected chi connectivity index (χ1v) is 6.74. The van der Waals surface area contributed by atoms with E-state index in [9.17, 15) is 4.79 Å². The molecule has 3 N–H and O–H groups in total. The normalized spacial score (nSPS) is 12.6. The van der Waals surface area contributed by atoms with Gasteiger partial charge in [0, 0.05) is 24.9 Å². The lowest BCUT2D eigenvalue weighted by Crippen LogP contribution is -2.43. The summed E-state index contributed by atoms with van der Waals surface area (Å²) in [7, 11) is 2.05. The molecule has 0 saturated carbocycles. The van der Waals surface area contributed by atoms with Gasteiger partial charge in [0.15, 0.2) is 0 Å². The monoisotopic (exact) mass is 264 g/mol. The number of aromatic nitrogens is 1. The molecule has 0 saturated heterocycles. The van der Waals surface area contributed by atoms with Gasteiger partial charge in [-0.1, -0.05) is 13.0 Å². The third-order valence-electron chi connectivity index (χ3n) is 3.07. The Labute approximate surface area is 115 Å². The van der Waals surface area contributed by atoms with Crippen LogP contribution in [0, 0.1) is 0 Å². The number of amides is 1. The Hall–Kier alpha value is -1.46. The molecule has 0 aromatic carbocycles. The van der Waals surface area contributed by atoms with Crippen LogP contribution >= 0.6 is 0 Å². The van der Waals surface area contributed by atoms with Crippen LogP contribution in [0.2, 0.25) is 0 Å². The molecule has 1 aromatic heterocycles. The smallest absolute Gasteiger partial charge is 0.234 e. The molecule has 106 valence electrons. The van der Waals surface area contributed by atoms with E-state index in [4.69, 9.17) is 5.73 Å². The summed E-state index contributed by atoms with van der Waals surface area (Å²) in [6.45, 7) is 4.49. The molecule has 0 fully saturated rings. The van der Waals surface area contributed by atoms with Crippen molar-refractivity contribution in [3.63, 3.8) is 0 Å². The van der Waals surface area contributed by atoms with Crippen LogP contribution in [0.15, 0.2) is 24.4 Å². The highest BCUT2D eigenvalue weighted by molar-refractivity contribution is 5.79. The summed E-state index contributed by atoms with van der Waals surface area (Å²) < 4.78 is 0. The Morgan fingerprint density at radius 2 is 2.26 bits per heavy atom. The third kappa shape index (κ3) is 6.31. The molecule has 1 rings (SSSR count). The number of pyridine rings is 1. The van der Waals surface area contributed by atoms with Crippen molar-refractivity contribution in [3.8, 4) is 0 Å². The van der Waals surface area contributed by atoms with E-state index in [2.05, 4.69) is 15.2 Å². The lowest BCUT2D eigenvalue weighted by molar-refractivity contribution is -0.120. The zero-order valence-electron chi connectivity index (χ0n) is 11.8. The molecule has 1 aromatic rings. The molecule has 0 bridgehead atoms. The quantitative estimate of drug-likeness (QED) is 0.677. The number of nitrogens with zero attached hydrogens (tertiary/aromatic N) is 2. The summed E-state index contributed by atoms with van der Waals surface area (Å²) in [6.07, 6.45) is 3.46. The van der Waals surface area contributed by atoms with Crippen molar-refractivity contribution < 1.29 is 4.79 Å². The molecule has 5 nitrogen and oxygen atoms in total. The Morgan fingerprint density at radius 3 is 2.84 bits per heavy atom. The van der Waals surface area contributed by atoms with E-state index in [1.807, 2.05) is 38.4 Å². The van der Waals surface area contributed by atoms with Crippen molar-refractivity contribution in [2.75, 3.05) is 26.7 Å². The first-order valence-electron chi connectivity index (χ1n) is 6.74.